The van der Waals surface area contributed by atoms with Crippen molar-refractivity contribution < 1.29 is 33.0 Å². The first-order chi connectivity index (χ1) is 20.6. The molecule has 0 saturated carbocycles. The predicted molar refractivity (Wildman–Crippen MR) is 168 cm³/mol. The van der Waals surface area contributed by atoms with Crippen molar-refractivity contribution in [1.82, 2.24) is 9.99 Å². The number of furan rings is 1. The van der Waals surface area contributed by atoms with Crippen LogP contribution < -0.4 is 19.6 Å². The molecule has 0 spiro atoms. The zero-order chi connectivity index (χ0) is 31.1. The molecule has 1 N–H and O–H groups in total. The lowest BCUT2D eigenvalue weighted by molar-refractivity contribution is -0.150. The highest BCUT2D eigenvalue weighted by Gasteiger charge is 2.23. The summed E-state index contributed by atoms with van der Waals surface area (Å²) in [6, 6.07) is 16.8. The molecular weight excluding hydrogens is 686 g/mol. The van der Waals surface area contributed by atoms with E-state index in [-0.39, 0.29) is 19.0 Å². The Balaban J connectivity index is 1.35. The average Bonchev–Trinajstić information content (AvgIpc) is 3.61. The fraction of sp³-hybridized carbons (Fsp3) is 0.258. The monoisotopic (exact) mass is 715 g/mol. The van der Waals surface area contributed by atoms with Crippen LogP contribution in [0.2, 0.25) is 0 Å². The summed E-state index contributed by atoms with van der Waals surface area (Å²) < 4.78 is 30.9. The Hall–Kier alpha value is -4.03. The molecule has 12 heteroatoms. The Labute approximate surface area is 266 Å². The summed E-state index contributed by atoms with van der Waals surface area (Å²) in [6.07, 6.45) is 0.574. The van der Waals surface area contributed by atoms with Crippen molar-refractivity contribution in [3.05, 3.63) is 92.0 Å². The van der Waals surface area contributed by atoms with Crippen molar-refractivity contribution in [2.45, 2.75) is 40.4 Å². The highest BCUT2D eigenvalue weighted by molar-refractivity contribution is 9.13. The molecule has 0 radical (unpaired) electrons. The van der Waals surface area contributed by atoms with Gasteiger partial charge in [0.05, 0.1) is 24.4 Å². The van der Waals surface area contributed by atoms with E-state index in [0.29, 0.717) is 37.5 Å². The number of rotatable bonds is 12. The van der Waals surface area contributed by atoms with Crippen LogP contribution in [0.4, 0.5) is 0 Å². The van der Waals surface area contributed by atoms with Crippen molar-refractivity contribution >= 4 is 50.0 Å². The number of hydrogen-bond acceptors (Lipinski definition) is 8. The van der Waals surface area contributed by atoms with Gasteiger partial charge in [0.2, 0.25) is 0 Å². The second kappa shape index (κ2) is 14.4. The highest BCUT2D eigenvalue weighted by Crippen LogP contribution is 2.42. The normalized spacial score (nSPS) is 11.8. The Morgan fingerprint density at radius 3 is 2.40 bits per heavy atom. The second-order valence-corrected chi connectivity index (χ2v) is 10.9. The van der Waals surface area contributed by atoms with Crippen LogP contribution in [-0.4, -0.2) is 42.5 Å². The highest BCUT2D eigenvalue weighted by atomic mass is 79.9. The van der Waals surface area contributed by atoms with Gasteiger partial charge in [0.15, 0.2) is 23.4 Å². The van der Waals surface area contributed by atoms with Crippen molar-refractivity contribution in [3.63, 3.8) is 0 Å². The van der Waals surface area contributed by atoms with E-state index in [4.69, 9.17) is 23.4 Å². The Morgan fingerprint density at radius 1 is 1.05 bits per heavy atom. The van der Waals surface area contributed by atoms with Crippen molar-refractivity contribution in [2.24, 2.45) is 5.10 Å². The van der Waals surface area contributed by atoms with E-state index in [1.54, 1.807) is 32.0 Å². The number of nitrogens with one attached hydrogen (secondary N) is 1. The minimum atomic E-state index is -0.858. The number of esters is 1. The molecule has 2 heterocycles. The SMILES string of the molecule is CCOC(=O)[C@H](C)Oc1c(OC)cc(/C=N/NC(=O)c2ccc(COc3ccc(-n4c(C)ccc4C)cc3)o2)c(Br)c1Br. The van der Waals surface area contributed by atoms with Crippen LogP contribution >= 0.6 is 31.9 Å². The lowest BCUT2D eigenvalue weighted by atomic mass is 10.2. The number of amides is 1. The number of carbonyl (C=O) groups is 2. The molecule has 0 bridgehead atoms. The molecule has 0 aliphatic carbocycles. The average molecular weight is 717 g/mol. The van der Waals surface area contributed by atoms with Crippen LogP contribution in [-0.2, 0) is 16.1 Å². The molecule has 2 aromatic carbocycles. The summed E-state index contributed by atoms with van der Waals surface area (Å²) >= 11 is 6.96. The minimum Gasteiger partial charge on any atom is -0.493 e. The summed E-state index contributed by atoms with van der Waals surface area (Å²) in [6.45, 7) is 7.82. The molecule has 1 atom stereocenters. The minimum absolute atomic E-state index is 0.0826. The van der Waals surface area contributed by atoms with Crippen LogP contribution in [0.15, 0.2) is 73.1 Å². The summed E-state index contributed by atoms with van der Waals surface area (Å²) in [7, 11) is 1.47. The van der Waals surface area contributed by atoms with E-state index >= 15 is 0 Å². The number of aromatic nitrogens is 1. The third-order valence-electron chi connectivity index (χ3n) is 6.29. The summed E-state index contributed by atoms with van der Waals surface area (Å²) in [5, 5.41) is 4.04. The van der Waals surface area contributed by atoms with Gasteiger partial charge in [-0.2, -0.15) is 5.10 Å². The van der Waals surface area contributed by atoms with Gasteiger partial charge in [0.25, 0.3) is 0 Å². The maximum atomic E-state index is 12.6. The molecule has 0 unspecified atom stereocenters. The van der Waals surface area contributed by atoms with Crippen molar-refractivity contribution in [2.75, 3.05) is 13.7 Å². The molecule has 1 amide bonds. The Morgan fingerprint density at radius 2 is 1.74 bits per heavy atom. The molecule has 0 aliphatic heterocycles. The quantitative estimate of drug-likeness (QED) is 0.0965. The van der Waals surface area contributed by atoms with Crippen LogP contribution in [0.25, 0.3) is 5.69 Å². The predicted octanol–water partition coefficient (Wildman–Crippen LogP) is 6.89. The Kier molecular flexibility index (Phi) is 10.7. The van der Waals surface area contributed by atoms with E-state index in [2.05, 4.69) is 72.9 Å². The molecular formula is C31H31Br2N3O7. The van der Waals surface area contributed by atoms with E-state index in [0.717, 1.165) is 17.1 Å². The number of halogens is 2. The van der Waals surface area contributed by atoms with Crippen molar-refractivity contribution in [1.29, 1.82) is 0 Å². The standard InChI is InChI=1S/C31H31Br2N3O7/c1-6-40-31(38)20(4)42-29-26(39-5)15-21(27(32)28(29)33)16-34-35-30(37)25-14-13-24(43-25)17-41-23-11-9-22(10-12-23)36-18(2)7-8-19(36)3/h7-16,20H,6,17H2,1-5H3,(H,35,37)/b34-16+/t20-/m0/s1. The number of benzene rings is 2. The lowest BCUT2D eigenvalue weighted by Crippen LogP contribution is -2.26. The van der Waals surface area contributed by atoms with E-state index < -0.39 is 18.0 Å². The van der Waals surface area contributed by atoms with Gasteiger partial charge >= 0.3 is 11.9 Å². The van der Waals surface area contributed by atoms with Gasteiger partial charge in [-0.15, -0.1) is 0 Å². The van der Waals surface area contributed by atoms with Gasteiger partial charge in [0, 0.05) is 27.1 Å². The first kappa shape index (κ1) is 31.9. The molecule has 0 aliphatic rings. The van der Waals surface area contributed by atoms with Crippen LogP contribution in [0.1, 0.15) is 47.1 Å². The number of aryl methyl sites for hydroxylation is 2. The number of ether oxygens (including phenoxy) is 4. The number of nitrogens with zero attached hydrogens (tertiary/aromatic N) is 2. The molecule has 4 rings (SSSR count). The number of hydrazone groups is 1. The fourth-order valence-electron chi connectivity index (χ4n) is 4.16. The summed E-state index contributed by atoms with van der Waals surface area (Å²) in [4.78, 5) is 24.6. The van der Waals surface area contributed by atoms with Gasteiger partial charge in [-0.25, -0.2) is 10.2 Å². The van der Waals surface area contributed by atoms with Crippen LogP contribution in [0, 0.1) is 13.8 Å². The maximum absolute atomic E-state index is 12.6. The van der Waals surface area contributed by atoms with Gasteiger partial charge in [-0.3, -0.25) is 4.79 Å². The van der Waals surface area contributed by atoms with E-state index in [1.807, 2.05) is 24.3 Å². The van der Waals surface area contributed by atoms with Gasteiger partial charge in [-0.1, -0.05) is 0 Å². The van der Waals surface area contributed by atoms with Crippen LogP contribution in [0.5, 0.6) is 17.2 Å². The largest absolute Gasteiger partial charge is 0.493 e. The molecule has 43 heavy (non-hydrogen) atoms. The third-order valence-corrected chi connectivity index (χ3v) is 8.43. The molecule has 2 aromatic heterocycles. The summed E-state index contributed by atoms with van der Waals surface area (Å²) in [5.41, 5.74) is 6.38. The number of hydrogen-bond donors (Lipinski definition) is 1. The zero-order valence-corrected chi connectivity index (χ0v) is 27.4. The first-order valence-corrected chi connectivity index (χ1v) is 14.9. The van der Waals surface area contributed by atoms with Gasteiger partial charge < -0.3 is 27.9 Å². The Bertz CT molecular complexity index is 1610. The second-order valence-electron chi connectivity index (χ2n) is 9.34. The molecule has 4 aromatic rings. The molecule has 10 nitrogen and oxygen atoms in total. The maximum Gasteiger partial charge on any atom is 0.347 e. The van der Waals surface area contributed by atoms with Crippen molar-refractivity contribution in [3.8, 4) is 22.9 Å². The fourth-order valence-corrected chi connectivity index (χ4v) is 5.07. The third kappa shape index (κ3) is 7.68. The molecule has 0 fully saturated rings. The van der Waals surface area contributed by atoms with E-state index in [9.17, 15) is 9.59 Å². The van der Waals surface area contributed by atoms with Gasteiger partial charge in [-0.05, 0) is 114 Å². The van der Waals surface area contributed by atoms with Crippen LogP contribution in [0.3, 0.4) is 0 Å². The lowest BCUT2D eigenvalue weighted by Gasteiger charge is -2.18. The van der Waals surface area contributed by atoms with E-state index in [1.165, 1.54) is 13.3 Å². The number of methoxy groups -OCH3 is 1. The topological polar surface area (TPSA) is 114 Å². The number of carbonyl (C=O) groups excluding carboxylic acids is 2. The smallest absolute Gasteiger partial charge is 0.347 e. The molecule has 226 valence electrons. The first-order valence-electron chi connectivity index (χ1n) is 13.3. The van der Waals surface area contributed by atoms with Gasteiger partial charge in [0.1, 0.15) is 18.1 Å². The zero-order valence-electron chi connectivity index (χ0n) is 24.3. The molecule has 0 saturated heterocycles. The summed E-state index contributed by atoms with van der Waals surface area (Å²) in [5.74, 6) is 0.870.